The van der Waals surface area contributed by atoms with Crippen LogP contribution in [0.1, 0.15) is 26.7 Å². The van der Waals surface area contributed by atoms with Crippen LogP contribution in [0.15, 0.2) is 0 Å². The Morgan fingerprint density at radius 1 is 0.909 bits per heavy atom. The molecule has 0 aromatic carbocycles. The van der Waals surface area contributed by atoms with Gasteiger partial charge in [0.2, 0.25) is 0 Å². The summed E-state index contributed by atoms with van der Waals surface area (Å²) in [7, 11) is 0. The summed E-state index contributed by atoms with van der Waals surface area (Å²) in [6.07, 6.45) is 2.19. The van der Waals surface area contributed by atoms with Gasteiger partial charge in [-0.15, -0.1) is 0 Å². The van der Waals surface area contributed by atoms with E-state index in [1.807, 2.05) is 0 Å². The monoisotopic (exact) mass is 206 g/mol. The number of hydrogen-bond donors (Lipinski definition) is 0. The molecule has 0 heterocycles. The van der Waals surface area contributed by atoms with Crippen molar-refractivity contribution in [3.05, 3.63) is 0 Å². The summed E-state index contributed by atoms with van der Waals surface area (Å²) in [5, 5.41) is 0. The van der Waals surface area contributed by atoms with Crippen LogP contribution in [-0.4, -0.2) is 13.2 Å². The molecule has 0 fully saturated rings. The molecule has 0 aliphatic carbocycles. The molecular formula is C6H16F2O2Ti. The van der Waals surface area contributed by atoms with Crippen molar-refractivity contribution in [3.63, 3.8) is 0 Å². The number of halogens is 2. The Kier molecular flexibility index (Phi) is 26.9. The maximum Gasteiger partial charge on any atom is -0.269 e. The van der Waals surface area contributed by atoms with E-state index in [1.54, 1.807) is 0 Å². The van der Waals surface area contributed by atoms with Gasteiger partial charge in [0.25, 0.3) is 0 Å². The molecule has 0 spiro atoms. The molecule has 0 aliphatic heterocycles. The Labute approximate surface area is 76.3 Å². The van der Waals surface area contributed by atoms with E-state index in [4.69, 9.17) is 6.64 Å². The first-order chi connectivity index (χ1) is 4.41. The van der Waals surface area contributed by atoms with Gasteiger partial charge in [0.1, 0.15) is 0 Å². The van der Waals surface area contributed by atoms with Gasteiger partial charge in [-0.25, -0.2) is 0 Å². The minimum atomic E-state index is -0.504. The summed E-state index contributed by atoms with van der Waals surface area (Å²) in [4.78, 5) is 0. The molecule has 0 unspecified atom stereocenters. The van der Waals surface area contributed by atoms with E-state index in [9.17, 15) is 0 Å². The third-order valence-electron chi connectivity index (χ3n) is 0.730. The predicted octanol–water partition coefficient (Wildman–Crippen LogP) is 2.06. The van der Waals surface area contributed by atoms with Crippen LogP contribution in [0, 0.1) is 0 Å². The zero-order chi connectivity index (χ0) is 6.95. The summed E-state index contributed by atoms with van der Waals surface area (Å²) >= 11 is -0.504. The zero-order valence-corrected chi connectivity index (χ0v) is 8.52. The molecule has 0 aliphatic rings. The molecule has 0 amide bonds. The van der Waals surface area contributed by atoms with Crippen molar-refractivity contribution in [3.8, 4) is 0 Å². The van der Waals surface area contributed by atoms with Crippen molar-refractivity contribution in [2.24, 2.45) is 0 Å². The molecular weight excluding hydrogens is 190 g/mol. The van der Waals surface area contributed by atoms with Crippen molar-refractivity contribution in [1.82, 2.24) is 0 Å². The van der Waals surface area contributed by atoms with Gasteiger partial charge in [0.05, 0.1) is 0 Å². The van der Waals surface area contributed by atoms with E-state index in [2.05, 4.69) is 13.8 Å². The standard InChI is InChI=1S/2C3H7O.2FH.Ti/c2*1-2-3-4;;;/h2*2-3H2,1H3;2*1H;/q2*-1;;;+2. The van der Waals surface area contributed by atoms with Crippen LogP contribution in [0.2, 0.25) is 0 Å². The molecule has 0 aromatic rings. The molecule has 0 N–H and O–H groups in total. The first-order valence-corrected chi connectivity index (χ1v) is 4.67. The average Bonchev–Trinajstić information content (AvgIpc) is 1.89. The number of rotatable bonds is 6. The Balaban J connectivity index is -0.000000320. The van der Waals surface area contributed by atoms with Gasteiger partial charge in [-0.2, -0.15) is 0 Å². The van der Waals surface area contributed by atoms with E-state index >= 15 is 0 Å². The second kappa shape index (κ2) is 16.8. The van der Waals surface area contributed by atoms with Gasteiger partial charge in [-0.05, 0) is 0 Å². The Morgan fingerprint density at radius 3 is 1.55 bits per heavy atom. The van der Waals surface area contributed by atoms with E-state index in [0.717, 1.165) is 26.1 Å². The topological polar surface area (TPSA) is 18.5 Å². The summed E-state index contributed by atoms with van der Waals surface area (Å²) in [5.74, 6) is 0. The molecule has 0 saturated heterocycles. The van der Waals surface area contributed by atoms with Crippen molar-refractivity contribution in [1.29, 1.82) is 0 Å². The third-order valence-corrected chi connectivity index (χ3v) is 1.74. The second-order valence-corrected chi connectivity index (χ2v) is 2.94. The van der Waals surface area contributed by atoms with Crippen LogP contribution < -0.4 is 0 Å². The van der Waals surface area contributed by atoms with Crippen LogP contribution >= 0.6 is 0 Å². The van der Waals surface area contributed by atoms with Crippen molar-refractivity contribution < 1.29 is 36.0 Å². The van der Waals surface area contributed by atoms with E-state index < -0.39 is 19.9 Å². The van der Waals surface area contributed by atoms with Gasteiger partial charge in [-0.3, -0.25) is 9.41 Å². The quantitative estimate of drug-likeness (QED) is 0.489. The maximum atomic E-state index is 5.19. The van der Waals surface area contributed by atoms with Gasteiger partial charge in [-0.1, -0.05) is 0 Å². The maximum absolute atomic E-state index is 5.19. The molecule has 11 heavy (non-hydrogen) atoms. The van der Waals surface area contributed by atoms with Crippen molar-refractivity contribution in [2.75, 3.05) is 13.2 Å². The molecule has 0 bridgehead atoms. The minimum Gasteiger partial charge on any atom is -0.269 e. The first kappa shape index (κ1) is 17.5. The summed E-state index contributed by atoms with van der Waals surface area (Å²) < 4.78 is 10.4. The molecule has 0 rings (SSSR count). The summed E-state index contributed by atoms with van der Waals surface area (Å²) in [6, 6.07) is 0. The third kappa shape index (κ3) is 18.0. The van der Waals surface area contributed by atoms with Crippen LogP contribution in [0.25, 0.3) is 0 Å². The summed E-state index contributed by atoms with van der Waals surface area (Å²) in [5.41, 5.74) is 0. The molecule has 70 valence electrons. The molecule has 0 atom stereocenters. The van der Waals surface area contributed by atoms with Gasteiger partial charge >= 0.3 is 66.5 Å². The predicted molar refractivity (Wildman–Crippen MR) is 37.5 cm³/mol. The fourth-order valence-corrected chi connectivity index (χ4v) is 1.36. The fraction of sp³-hybridized carbons (Fsp3) is 1.00. The van der Waals surface area contributed by atoms with Gasteiger partial charge < -0.3 is 0 Å². The number of hydrogen-bond acceptors (Lipinski definition) is 2. The van der Waals surface area contributed by atoms with Crippen LogP contribution in [0.3, 0.4) is 0 Å². The van der Waals surface area contributed by atoms with Crippen LogP contribution in [0.5, 0.6) is 0 Å². The Morgan fingerprint density at radius 2 is 1.27 bits per heavy atom. The molecule has 2 nitrogen and oxygen atoms in total. The fourth-order valence-electron chi connectivity index (χ4n) is 0.329. The minimum absolute atomic E-state index is 0. The molecule has 0 radical (unpaired) electrons. The Bertz CT molecular complexity index is 51.8. The van der Waals surface area contributed by atoms with E-state index in [1.165, 1.54) is 0 Å². The SMILES string of the molecule is CCC[O][Ti][O]CCC.F.F. The van der Waals surface area contributed by atoms with E-state index in [-0.39, 0.29) is 9.41 Å². The largest absolute Gasteiger partial charge is 0.269 e. The van der Waals surface area contributed by atoms with Crippen LogP contribution in [-0.2, 0) is 26.6 Å². The molecule has 5 heteroatoms. The van der Waals surface area contributed by atoms with Gasteiger partial charge in [0, 0.05) is 0 Å². The summed E-state index contributed by atoms with van der Waals surface area (Å²) in [6.45, 7) is 5.94. The van der Waals surface area contributed by atoms with Gasteiger partial charge in [0.15, 0.2) is 0 Å². The van der Waals surface area contributed by atoms with Crippen molar-refractivity contribution >= 4 is 0 Å². The normalized spacial score (nSPS) is 7.82. The van der Waals surface area contributed by atoms with Crippen molar-refractivity contribution in [2.45, 2.75) is 26.7 Å². The second-order valence-electron chi connectivity index (χ2n) is 1.78. The zero-order valence-electron chi connectivity index (χ0n) is 6.96. The molecule has 0 saturated carbocycles. The van der Waals surface area contributed by atoms with Crippen LogP contribution in [0.4, 0.5) is 9.41 Å². The smallest absolute Gasteiger partial charge is 0.269 e. The Hall–Kier alpha value is 0.494. The first-order valence-electron chi connectivity index (χ1n) is 3.40. The van der Waals surface area contributed by atoms with E-state index in [0.29, 0.717) is 0 Å². The average molecular weight is 206 g/mol. The molecule has 0 aromatic heterocycles.